The molecule has 82 valence electrons. The summed E-state index contributed by atoms with van der Waals surface area (Å²) < 4.78 is 5.09. The van der Waals surface area contributed by atoms with Crippen LogP contribution in [0.2, 0.25) is 0 Å². The summed E-state index contributed by atoms with van der Waals surface area (Å²) in [4.78, 5) is 0. The van der Waals surface area contributed by atoms with Gasteiger partial charge in [0.1, 0.15) is 5.75 Å². The first-order valence-electron chi connectivity index (χ1n) is 4.54. The molecule has 0 fully saturated rings. The van der Waals surface area contributed by atoms with E-state index in [2.05, 4.69) is 6.07 Å². The van der Waals surface area contributed by atoms with Crippen molar-refractivity contribution in [2.24, 2.45) is 5.73 Å². The summed E-state index contributed by atoms with van der Waals surface area (Å²) in [7, 11) is 1.62. The monoisotopic (exact) mass is 226 g/mol. The van der Waals surface area contributed by atoms with Gasteiger partial charge in [-0.1, -0.05) is 12.1 Å². The van der Waals surface area contributed by atoms with Crippen LogP contribution in [0, 0.1) is 11.3 Å². The molecule has 4 heteroatoms. The molecule has 0 saturated carbocycles. The predicted molar refractivity (Wildman–Crippen MR) is 62.0 cm³/mol. The average Bonchev–Trinajstić information content (AvgIpc) is 2.26. The van der Waals surface area contributed by atoms with Crippen LogP contribution in [0.4, 0.5) is 0 Å². The fourth-order valence-electron chi connectivity index (χ4n) is 1.26. The van der Waals surface area contributed by atoms with E-state index in [1.54, 1.807) is 7.11 Å². The Balaban J connectivity index is 0.00000196. The first-order valence-corrected chi connectivity index (χ1v) is 4.54. The largest absolute Gasteiger partial charge is 0.497 e. The normalized spacial score (nSPS) is 11.0. The van der Waals surface area contributed by atoms with E-state index in [4.69, 9.17) is 15.7 Å². The topological polar surface area (TPSA) is 59.0 Å². The van der Waals surface area contributed by atoms with Gasteiger partial charge < -0.3 is 10.5 Å². The van der Waals surface area contributed by atoms with Gasteiger partial charge in [0, 0.05) is 12.5 Å². The van der Waals surface area contributed by atoms with Crippen LogP contribution >= 0.6 is 12.4 Å². The Morgan fingerprint density at radius 3 is 2.87 bits per heavy atom. The van der Waals surface area contributed by atoms with Crippen LogP contribution < -0.4 is 10.5 Å². The van der Waals surface area contributed by atoms with Crippen molar-refractivity contribution >= 4 is 12.4 Å². The van der Waals surface area contributed by atoms with Crippen LogP contribution in [0.1, 0.15) is 24.4 Å². The Kier molecular flexibility index (Phi) is 6.52. The minimum Gasteiger partial charge on any atom is -0.497 e. The molecule has 3 nitrogen and oxygen atoms in total. The molecule has 0 amide bonds. The number of benzene rings is 1. The van der Waals surface area contributed by atoms with Crippen molar-refractivity contribution < 1.29 is 4.74 Å². The molecular formula is C11H15ClN2O. The van der Waals surface area contributed by atoms with E-state index in [0.717, 1.165) is 11.3 Å². The summed E-state index contributed by atoms with van der Waals surface area (Å²) >= 11 is 0. The fourth-order valence-corrected chi connectivity index (χ4v) is 1.26. The Bertz CT molecular complexity index is 336. The third kappa shape index (κ3) is 4.20. The standard InChI is InChI=1S/C11H14N2O.ClH/c1-14-10-5-2-4-9(8-10)11(13)6-3-7-12;/h2,4-5,8,11H,3,6,13H2,1H3;1H. The van der Waals surface area contributed by atoms with Gasteiger partial charge in [-0.05, 0) is 24.1 Å². The molecule has 1 unspecified atom stereocenters. The number of rotatable bonds is 4. The summed E-state index contributed by atoms with van der Waals surface area (Å²) in [6.45, 7) is 0. The van der Waals surface area contributed by atoms with Crippen LogP contribution in [0.25, 0.3) is 0 Å². The molecule has 1 rings (SSSR count). The molecule has 0 heterocycles. The lowest BCUT2D eigenvalue weighted by Crippen LogP contribution is -2.09. The van der Waals surface area contributed by atoms with Crippen LogP contribution in [-0.4, -0.2) is 7.11 Å². The van der Waals surface area contributed by atoms with E-state index in [9.17, 15) is 0 Å². The molecule has 2 N–H and O–H groups in total. The second-order valence-electron chi connectivity index (χ2n) is 3.08. The Morgan fingerprint density at radius 1 is 1.53 bits per heavy atom. The van der Waals surface area contributed by atoms with E-state index >= 15 is 0 Å². The number of hydrogen-bond donors (Lipinski definition) is 1. The molecule has 0 saturated heterocycles. The molecule has 0 radical (unpaired) electrons. The molecule has 1 aromatic carbocycles. The van der Waals surface area contributed by atoms with Crippen LogP contribution in [0.15, 0.2) is 24.3 Å². The van der Waals surface area contributed by atoms with Gasteiger partial charge in [0.25, 0.3) is 0 Å². The maximum absolute atomic E-state index is 8.43. The lowest BCUT2D eigenvalue weighted by atomic mass is 10.0. The van der Waals surface area contributed by atoms with E-state index in [-0.39, 0.29) is 18.4 Å². The first kappa shape index (κ1) is 13.8. The molecule has 0 aliphatic carbocycles. The second-order valence-corrected chi connectivity index (χ2v) is 3.08. The highest BCUT2D eigenvalue weighted by Gasteiger charge is 2.05. The van der Waals surface area contributed by atoms with Gasteiger partial charge in [0.15, 0.2) is 0 Å². The summed E-state index contributed by atoms with van der Waals surface area (Å²) in [5.41, 5.74) is 6.91. The number of halogens is 1. The van der Waals surface area contributed by atoms with Crippen molar-refractivity contribution in [3.63, 3.8) is 0 Å². The van der Waals surface area contributed by atoms with Gasteiger partial charge in [-0.3, -0.25) is 0 Å². The highest BCUT2D eigenvalue weighted by molar-refractivity contribution is 5.85. The molecule has 0 aromatic heterocycles. The third-order valence-electron chi connectivity index (χ3n) is 2.09. The first-order chi connectivity index (χ1) is 6.77. The molecule has 1 aromatic rings. The summed E-state index contributed by atoms with van der Waals surface area (Å²) in [6.07, 6.45) is 1.17. The van der Waals surface area contributed by atoms with E-state index in [1.165, 1.54) is 0 Å². The molecule has 0 aliphatic rings. The van der Waals surface area contributed by atoms with E-state index in [1.807, 2.05) is 24.3 Å². The van der Waals surface area contributed by atoms with Crippen LogP contribution in [0.5, 0.6) is 5.75 Å². The third-order valence-corrected chi connectivity index (χ3v) is 2.09. The van der Waals surface area contributed by atoms with Gasteiger partial charge in [-0.2, -0.15) is 5.26 Å². The lowest BCUT2D eigenvalue weighted by molar-refractivity contribution is 0.413. The smallest absolute Gasteiger partial charge is 0.119 e. The Labute approximate surface area is 96.3 Å². The zero-order chi connectivity index (χ0) is 10.4. The minimum absolute atomic E-state index is 0. The maximum Gasteiger partial charge on any atom is 0.119 e. The van der Waals surface area contributed by atoms with Crippen molar-refractivity contribution in [3.8, 4) is 11.8 Å². The lowest BCUT2D eigenvalue weighted by Gasteiger charge is -2.10. The molecule has 0 spiro atoms. The quantitative estimate of drug-likeness (QED) is 0.858. The number of methoxy groups -OCH3 is 1. The number of nitriles is 1. The SMILES string of the molecule is COc1cccc(C(N)CCC#N)c1.Cl. The number of ether oxygens (including phenoxy) is 1. The predicted octanol–water partition coefficient (Wildman–Crippen LogP) is 2.42. The number of nitrogens with two attached hydrogens (primary N) is 1. The van der Waals surface area contributed by atoms with Crippen LogP contribution in [-0.2, 0) is 0 Å². The van der Waals surface area contributed by atoms with Crippen molar-refractivity contribution in [3.05, 3.63) is 29.8 Å². The maximum atomic E-state index is 8.43. The molecule has 0 aliphatic heterocycles. The van der Waals surface area contributed by atoms with Crippen molar-refractivity contribution in [1.29, 1.82) is 5.26 Å². The van der Waals surface area contributed by atoms with Crippen molar-refractivity contribution in [1.82, 2.24) is 0 Å². The van der Waals surface area contributed by atoms with Gasteiger partial charge >= 0.3 is 0 Å². The molecule has 1 atom stereocenters. The Hall–Kier alpha value is -1.24. The van der Waals surface area contributed by atoms with Gasteiger partial charge in [0.05, 0.1) is 13.2 Å². The minimum atomic E-state index is -0.0789. The molecule has 15 heavy (non-hydrogen) atoms. The highest BCUT2D eigenvalue weighted by atomic mass is 35.5. The molecular weight excluding hydrogens is 212 g/mol. The van der Waals surface area contributed by atoms with Crippen molar-refractivity contribution in [2.75, 3.05) is 7.11 Å². The van der Waals surface area contributed by atoms with Crippen molar-refractivity contribution in [2.45, 2.75) is 18.9 Å². The fraction of sp³-hybridized carbons (Fsp3) is 0.364. The summed E-state index contributed by atoms with van der Waals surface area (Å²) in [6, 6.07) is 9.64. The zero-order valence-corrected chi connectivity index (χ0v) is 9.46. The van der Waals surface area contributed by atoms with E-state index < -0.39 is 0 Å². The summed E-state index contributed by atoms with van der Waals surface area (Å²) in [5.74, 6) is 0.801. The Morgan fingerprint density at radius 2 is 2.27 bits per heavy atom. The van der Waals surface area contributed by atoms with Gasteiger partial charge in [-0.25, -0.2) is 0 Å². The van der Waals surface area contributed by atoms with Gasteiger partial charge in [0.2, 0.25) is 0 Å². The number of nitrogens with zero attached hydrogens (tertiary/aromatic N) is 1. The van der Waals surface area contributed by atoms with E-state index in [0.29, 0.717) is 12.8 Å². The molecule has 0 bridgehead atoms. The van der Waals surface area contributed by atoms with Crippen LogP contribution in [0.3, 0.4) is 0 Å². The van der Waals surface area contributed by atoms with Gasteiger partial charge in [-0.15, -0.1) is 12.4 Å². The second kappa shape index (κ2) is 7.10. The average molecular weight is 227 g/mol. The number of hydrogen-bond acceptors (Lipinski definition) is 3. The highest BCUT2D eigenvalue weighted by Crippen LogP contribution is 2.20. The zero-order valence-electron chi connectivity index (χ0n) is 8.64. The summed E-state index contributed by atoms with van der Waals surface area (Å²) in [5, 5.41) is 8.43.